The Morgan fingerprint density at radius 1 is 1.17 bits per heavy atom. The third kappa shape index (κ3) is 3.50. The minimum Gasteiger partial charge on any atom is -0.335 e. The van der Waals surface area contributed by atoms with Crippen molar-refractivity contribution in [3.8, 4) is 0 Å². The fourth-order valence-corrected chi connectivity index (χ4v) is 2.98. The molecule has 1 unspecified atom stereocenters. The molecule has 1 atom stereocenters. The molecule has 1 amide bonds. The zero-order valence-electron chi connectivity index (χ0n) is 13.3. The van der Waals surface area contributed by atoms with Crippen molar-refractivity contribution in [1.82, 2.24) is 14.7 Å². The number of carbonyl (C=O) groups excluding carboxylic acids is 1. The van der Waals surface area contributed by atoms with Crippen LogP contribution in [0.2, 0.25) is 0 Å². The Balaban J connectivity index is 1.85. The average molecular weight is 311 g/mol. The summed E-state index contributed by atoms with van der Waals surface area (Å²) in [6, 6.07) is 12.8. The molecule has 0 spiro atoms. The lowest BCUT2D eigenvalue weighted by Crippen LogP contribution is -2.43. The molecule has 2 heterocycles. The van der Waals surface area contributed by atoms with Gasteiger partial charge in [-0.25, -0.2) is 4.68 Å². The normalized spacial score (nSPS) is 18.0. The summed E-state index contributed by atoms with van der Waals surface area (Å²) < 4.78 is 1.36. The number of hydrogen-bond donors (Lipinski definition) is 0. The van der Waals surface area contributed by atoms with Gasteiger partial charge in [-0.2, -0.15) is 5.10 Å². The Labute approximate surface area is 135 Å². The molecule has 3 rings (SSSR count). The van der Waals surface area contributed by atoms with Crippen LogP contribution in [0, 0.1) is 0 Å². The van der Waals surface area contributed by atoms with Gasteiger partial charge in [0, 0.05) is 18.7 Å². The van der Waals surface area contributed by atoms with Gasteiger partial charge in [0.15, 0.2) is 0 Å². The Kier molecular flexibility index (Phi) is 4.55. The van der Waals surface area contributed by atoms with Crippen LogP contribution in [0.4, 0.5) is 0 Å². The van der Waals surface area contributed by atoms with Crippen molar-refractivity contribution in [3.63, 3.8) is 0 Å². The molecule has 0 radical (unpaired) electrons. The quantitative estimate of drug-likeness (QED) is 0.874. The van der Waals surface area contributed by atoms with E-state index in [2.05, 4.69) is 12.0 Å². The molecule has 1 aromatic carbocycles. The lowest BCUT2D eigenvalue weighted by Gasteiger charge is -2.33. The Morgan fingerprint density at radius 2 is 1.96 bits per heavy atom. The van der Waals surface area contributed by atoms with Gasteiger partial charge in [0.2, 0.25) is 0 Å². The van der Waals surface area contributed by atoms with Gasteiger partial charge in [-0.15, -0.1) is 0 Å². The average Bonchev–Trinajstić information content (AvgIpc) is 2.58. The highest BCUT2D eigenvalue weighted by atomic mass is 16.2. The molecule has 120 valence electrons. The van der Waals surface area contributed by atoms with E-state index in [4.69, 9.17) is 0 Å². The summed E-state index contributed by atoms with van der Waals surface area (Å²) in [5.74, 6) is -0.0842. The molecule has 0 bridgehead atoms. The minimum atomic E-state index is -0.197. The highest BCUT2D eigenvalue weighted by Crippen LogP contribution is 2.18. The lowest BCUT2D eigenvalue weighted by atomic mass is 10.0. The van der Waals surface area contributed by atoms with E-state index in [1.807, 2.05) is 35.2 Å². The van der Waals surface area contributed by atoms with E-state index in [0.29, 0.717) is 12.2 Å². The molecule has 23 heavy (non-hydrogen) atoms. The number of hydrogen-bond acceptors (Lipinski definition) is 3. The second-order valence-electron chi connectivity index (χ2n) is 6.04. The Morgan fingerprint density at radius 3 is 2.70 bits per heavy atom. The second-order valence-corrected chi connectivity index (χ2v) is 6.04. The lowest BCUT2D eigenvalue weighted by molar-refractivity contribution is 0.0626. The molecular formula is C18H21N3O2. The molecular weight excluding hydrogens is 290 g/mol. The Hall–Kier alpha value is -2.43. The molecule has 1 saturated heterocycles. The molecule has 1 fully saturated rings. The molecule has 1 aromatic heterocycles. The van der Waals surface area contributed by atoms with Gasteiger partial charge in [-0.05, 0) is 37.8 Å². The standard InChI is InChI=1S/C18H21N3O2/c1-14-7-5-6-12-20(14)18(23)16-10-11-17(22)21(19-16)13-15-8-3-2-4-9-15/h2-4,8-11,14H,5-7,12-13H2,1H3. The maximum Gasteiger partial charge on any atom is 0.274 e. The first-order valence-corrected chi connectivity index (χ1v) is 8.08. The molecule has 5 heteroatoms. The van der Waals surface area contributed by atoms with Crippen molar-refractivity contribution < 1.29 is 4.79 Å². The molecule has 0 N–H and O–H groups in total. The van der Waals surface area contributed by atoms with Gasteiger partial charge in [0.05, 0.1) is 6.54 Å². The minimum absolute atomic E-state index is 0.0842. The third-order valence-electron chi connectivity index (χ3n) is 4.32. The number of nitrogens with zero attached hydrogens (tertiary/aromatic N) is 3. The molecule has 5 nitrogen and oxygen atoms in total. The van der Waals surface area contributed by atoms with Gasteiger partial charge in [0.1, 0.15) is 5.69 Å². The number of carbonyl (C=O) groups is 1. The molecule has 1 aliphatic rings. The smallest absolute Gasteiger partial charge is 0.274 e. The highest BCUT2D eigenvalue weighted by Gasteiger charge is 2.25. The maximum absolute atomic E-state index is 12.7. The molecule has 2 aromatic rings. The van der Waals surface area contributed by atoms with Gasteiger partial charge < -0.3 is 4.90 Å². The van der Waals surface area contributed by atoms with Crippen molar-refractivity contribution in [1.29, 1.82) is 0 Å². The number of rotatable bonds is 3. The Bertz CT molecular complexity index is 739. The van der Waals surface area contributed by atoms with E-state index in [1.165, 1.54) is 16.8 Å². The second kappa shape index (κ2) is 6.77. The molecule has 0 aliphatic carbocycles. The van der Waals surface area contributed by atoms with E-state index < -0.39 is 0 Å². The predicted octanol–water partition coefficient (Wildman–Crippen LogP) is 2.31. The monoisotopic (exact) mass is 311 g/mol. The number of aromatic nitrogens is 2. The summed E-state index contributed by atoms with van der Waals surface area (Å²) in [5.41, 5.74) is 1.13. The topological polar surface area (TPSA) is 55.2 Å². The summed E-state index contributed by atoms with van der Waals surface area (Å²) in [4.78, 5) is 26.6. The van der Waals surface area contributed by atoms with E-state index in [9.17, 15) is 9.59 Å². The van der Waals surface area contributed by atoms with Crippen molar-refractivity contribution in [3.05, 3.63) is 64.1 Å². The van der Waals surface area contributed by atoms with Gasteiger partial charge >= 0.3 is 0 Å². The SMILES string of the molecule is CC1CCCCN1C(=O)c1ccc(=O)n(Cc2ccccc2)n1. The third-order valence-corrected chi connectivity index (χ3v) is 4.32. The van der Waals surface area contributed by atoms with E-state index in [-0.39, 0.29) is 17.5 Å². The van der Waals surface area contributed by atoms with Gasteiger partial charge in [0.25, 0.3) is 11.5 Å². The summed E-state index contributed by atoms with van der Waals surface area (Å²) in [6.07, 6.45) is 3.21. The first kappa shape index (κ1) is 15.5. The van der Waals surface area contributed by atoms with Crippen molar-refractivity contribution in [2.24, 2.45) is 0 Å². The van der Waals surface area contributed by atoms with E-state index in [1.54, 1.807) is 0 Å². The maximum atomic E-state index is 12.7. The number of benzene rings is 1. The van der Waals surface area contributed by atoms with Crippen LogP contribution in [0.3, 0.4) is 0 Å². The van der Waals surface area contributed by atoms with E-state index in [0.717, 1.165) is 31.4 Å². The number of amides is 1. The number of likely N-dealkylation sites (tertiary alicyclic amines) is 1. The van der Waals surface area contributed by atoms with Crippen molar-refractivity contribution in [2.75, 3.05) is 6.54 Å². The molecule has 1 aliphatic heterocycles. The molecule has 0 saturated carbocycles. The van der Waals surface area contributed by atoms with Crippen LogP contribution in [0.5, 0.6) is 0 Å². The van der Waals surface area contributed by atoms with Crippen molar-refractivity contribution >= 4 is 5.91 Å². The van der Waals surface area contributed by atoms with Crippen LogP contribution in [-0.2, 0) is 6.54 Å². The fraction of sp³-hybridized carbons (Fsp3) is 0.389. The van der Waals surface area contributed by atoms with E-state index >= 15 is 0 Å². The summed E-state index contributed by atoms with van der Waals surface area (Å²) in [7, 11) is 0. The van der Waals surface area contributed by atoms with Crippen LogP contribution in [0.1, 0.15) is 42.2 Å². The van der Waals surface area contributed by atoms with Crippen LogP contribution in [0.25, 0.3) is 0 Å². The first-order valence-electron chi connectivity index (χ1n) is 8.08. The number of piperidine rings is 1. The van der Waals surface area contributed by atoms with Crippen LogP contribution in [0.15, 0.2) is 47.3 Å². The first-order chi connectivity index (χ1) is 11.1. The summed E-state index contributed by atoms with van der Waals surface area (Å²) in [6.45, 7) is 3.20. The summed E-state index contributed by atoms with van der Waals surface area (Å²) >= 11 is 0. The highest BCUT2D eigenvalue weighted by molar-refractivity contribution is 5.92. The van der Waals surface area contributed by atoms with Crippen LogP contribution >= 0.6 is 0 Å². The predicted molar refractivity (Wildman–Crippen MR) is 88.4 cm³/mol. The van der Waals surface area contributed by atoms with Crippen LogP contribution < -0.4 is 5.56 Å². The van der Waals surface area contributed by atoms with Crippen LogP contribution in [-0.4, -0.2) is 33.2 Å². The zero-order chi connectivity index (χ0) is 16.2. The fourth-order valence-electron chi connectivity index (χ4n) is 2.98. The summed E-state index contributed by atoms with van der Waals surface area (Å²) in [5, 5.41) is 4.29. The van der Waals surface area contributed by atoms with Gasteiger partial charge in [-0.3, -0.25) is 9.59 Å². The van der Waals surface area contributed by atoms with Gasteiger partial charge in [-0.1, -0.05) is 30.3 Å². The zero-order valence-corrected chi connectivity index (χ0v) is 13.3. The largest absolute Gasteiger partial charge is 0.335 e. The van der Waals surface area contributed by atoms with Crippen molar-refractivity contribution in [2.45, 2.75) is 38.8 Å².